The minimum atomic E-state index is -0.217. The fourth-order valence-corrected chi connectivity index (χ4v) is 1.98. The first-order valence-electron chi connectivity index (χ1n) is 6.45. The summed E-state index contributed by atoms with van der Waals surface area (Å²) in [5, 5.41) is 3.15. The molecule has 4 heteroatoms. The first-order chi connectivity index (χ1) is 9.13. The van der Waals surface area contributed by atoms with Gasteiger partial charge in [-0.2, -0.15) is 0 Å². The number of rotatable bonds is 8. The predicted octanol–water partition coefficient (Wildman–Crippen LogP) is 2.74. The number of ether oxygens (including phenoxy) is 1. The number of methoxy groups -OCH3 is 1. The monoisotopic (exact) mass is 266 g/mol. The third-order valence-electron chi connectivity index (χ3n) is 3.14. The fraction of sp³-hybridized carbons (Fsp3) is 0.467. The second-order valence-corrected chi connectivity index (χ2v) is 4.44. The molecule has 0 radical (unpaired) electrons. The summed E-state index contributed by atoms with van der Waals surface area (Å²) in [6.45, 7) is 7.87. The van der Waals surface area contributed by atoms with E-state index in [2.05, 4.69) is 16.8 Å². The summed E-state index contributed by atoms with van der Waals surface area (Å²) in [6.07, 6.45) is 1.84. The van der Waals surface area contributed by atoms with Crippen molar-refractivity contribution in [2.75, 3.05) is 38.8 Å². The Kier molecular flexibility index (Phi) is 6.53. The van der Waals surface area contributed by atoms with Gasteiger partial charge in [-0.15, -0.1) is 6.58 Å². The van der Waals surface area contributed by atoms with E-state index in [0.29, 0.717) is 13.2 Å². The van der Waals surface area contributed by atoms with Crippen LogP contribution in [0, 0.1) is 5.82 Å². The van der Waals surface area contributed by atoms with Crippen LogP contribution in [-0.4, -0.2) is 33.9 Å². The summed E-state index contributed by atoms with van der Waals surface area (Å²) in [4.78, 5) is 2.14. The number of nitrogens with zero attached hydrogens (tertiary/aromatic N) is 1. The lowest BCUT2D eigenvalue weighted by Gasteiger charge is -2.27. The lowest BCUT2D eigenvalue weighted by atomic mass is 10.0. The van der Waals surface area contributed by atoms with E-state index < -0.39 is 0 Å². The summed E-state index contributed by atoms with van der Waals surface area (Å²) in [5.74, 6) is -0.217. The van der Waals surface area contributed by atoms with Gasteiger partial charge < -0.3 is 15.0 Å². The van der Waals surface area contributed by atoms with Crippen LogP contribution in [-0.2, 0) is 4.74 Å². The normalized spacial score (nSPS) is 12.2. The number of halogens is 1. The molecule has 1 N–H and O–H groups in total. The Morgan fingerprint density at radius 3 is 2.84 bits per heavy atom. The van der Waals surface area contributed by atoms with Gasteiger partial charge in [-0.05, 0) is 37.7 Å². The first kappa shape index (κ1) is 15.7. The molecule has 0 aliphatic heterocycles. The maximum Gasteiger partial charge on any atom is 0.123 e. The van der Waals surface area contributed by atoms with Crippen LogP contribution in [0.1, 0.15) is 18.5 Å². The lowest BCUT2D eigenvalue weighted by molar-refractivity contribution is 0.205. The van der Waals surface area contributed by atoms with Crippen molar-refractivity contribution in [3.63, 3.8) is 0 Å². The van der Waals surface area contributed by atoms with E-state index in [1.165, 1.54) is 6.07 Å². The SMILES string of the molecule is C=CCN(CCOC)c1ccc(F)cc1C(C)NC. The van der Waals surface area contributed by atoms with Crippen molar-refractivity contribution in [1.82, 2.24) is 5.32 Å². The number of hydrogen-bond donors (Lipinski definition) is 1. The molecule has 3 nitrogen and oxygen atoms in total. The second-order valence-electron chi connectivity index (χ2n) is 4.44. The average molecular weight is 266 g/mol. The van der Waals surface area contributed by atoms with Gasteiger partial charge in [-0.25, -0.2) is 4.39 Å². The van der Waals surface area contributed by atoms with Crippen LogP contribution in [0.3, 0.4) is 0 Å². The lowest BCUT2D eigenvalue weighted by Crippen LogP contribution is -2.29. The number of hydrogen-bond acceptors (Lipinski definition) is 3. The predicted molar refractivity (Wildman–Crippen MR) is 78.2 cm³/mol. The van der Waals surface area contributed by atoms with E-state index in [4.69, 9.17) is 4.74 Å². The molecule has 0 saturated heterocycles. The summed E-state index contributed by atoms with van der Waals surface area (Å²) in [5.41, 5.74) is 1.96. The van der Waals surface area contributed by atoms with Gasteiger partial charge in [-0.3, -0.25) is 0 Å². The maximum atomic E-state index is 13.5. The summed E-state index contributed by atoms with van der Waals surface area (Å²) >= 11 is 0. The highest BCUT2D eigenvalue weighted by molar-refractivity contribution is 5.55. The van der Waals surface area contributed by atoms with Crippen LogP contribution in [0.5, 0.6) is 0 Å². The standard InChI is InChI=1S/C15H23FN2O/c1-5-8-18(9-10-19-4)15-7-6-13(16)11-14(15)12(2)17-3/h5-7,11-12,17H,1,8-10H2,2-4H3. The molecule has 1 unspecified atom stereocenters. The first-order valence-corrected chi connectivity index (χ1v) is 6.45. The molecule has 0 amide bonds. The molecule has 0 fully saturated rings. The van der Waals surface area contributed by atoms with Crippen LogP contribution in [0.4, 0.5) is 10.1 Å². The quantitative estimate of drug-likeness (QED) is 0.732. The topological polar surface area (TPSA) is 24.5 Å². The highest BCUT2D eigenvalue weighted by Gasteiger charge is 2.15. The largest absolute Gasteiger partial charge is 0.383 e. The van der Waals surface area contributed by atoms with Crippen LogP contribution >= 0.6 is 0 Å². The van der Waals surface area contributed by atoms with Crippen LogP contribution in [0.15, 0.2) is 30.9 Å². The zero-order valence-electron chi connectivity index (χ0n) is 11.9. The molecular formula is C15H23FN2O. The molecule has 0 aliphatic carbocycles. The van der Waals surface area contributed by atoms with Crippen LogP contribution in [0.2, 0.25) is 0 Å². The van der Waals surface area contributed by atoms with E-state index >= 15 is 0 Å². The van der Waals surface area contributed by atoms with E-state index in [1.54, 1.807) is 13.2 Å². The van der Waals surface area contributed by atoms with Crippen molar-refractivity contribution < 1.29 is 9.13 Å². The van der Waals surface area contributed by atoms with E-state index in [0.717, 1.165) is 17.8 Å². The van der Waals surface area contributed by atoms with E-state index in [9.17, 15) is 4.39 Å². The van der Waals surface area contributed by atoms with Crippen molar-refractivity contribution in [1.29, 1.82) is 0 Å². The van der Waals surface area contributed by atoms with Gasteiger partial charge >= 0.3 is 0 Å². The molecule has 0 aromatic heterocycles. The van der Waals surface area contributed by atoms with Crippen molar-refractivity contribution in [2.24, 2.45) is 0 Å². The third kappa shape index (κ3) is 4.33. The molecule has 1 rings (SSSR count). The highest BCUT2D eigenvalue weighted by atomic mass is 19.1. The molecule has 19 heavy (non-hydrogen) atoms. The Morgan fingerprint density at radius 1 is 1.53 bits per heavy atom. The van der Waals surface area contributed by atoms with Gasteiger partial charge in [0.2, 0.25) is 0 Å². The highest BCUT2D eigenvalue weighted by Crippen LogP contribution is 2.27. The molecule has 0 bridgehead atoms. The summed E-state index contributed by atoms with van der Waals surface area (Å²) < 4.78 is 18.6. The number of nitrogens with one attached hydrogen (secondary N) is 1. The molecule has 1 aromatic carbocycles. The Labute approximate surface area is 115 Å². The third-order valence-corrected chi connectivity index (χ3v) is 3.14. The Hall–Kier alpha value is -1.39. The molecule has 0 saturated carbocycles. The Balaban J connectivity index is 3.09. The Morgan fingerprint density at radius 2 is 2.26 bits per heavy atom. The number of benzene rings is 1. The molecule has 1 atom stereocenters. The Bertz CT molecular complexity index is 409. The average Bonchev–Trinajstić information content (AvgIpc) is 2.42. The fourth-order valence-electron chi connectivity index (χ4n) is 1.98. The molecule has 0 spiro atoms. The van der Waals surface area contributed by atoms with E-state index in [1.807, 2.05) is 26.1 Å². The maximum absolute atomic E-state index is 13.5. The molecule has 0 aliphatic rings. The van der Waals surface area contributed by atoms with Gasteiger partial charge in [0, 0.05) is 31.9 Å². The van der Waals surface area contributed by atoms with Crippen LogP contribution < -0.4 is 10.2 Å². The zero-order valence-corrected chi connectivity index (χ0v) is 11.9. The van der Waals surface area contributed by atoms with Gasteiger partial charge in [0.1, 0.15) is 5.82 Å². The van der Waals surface area contributed by atoms with Crippen molar-refractivity contribution in [3.05, 3.63) is 42.2 Å². The summed E-state index contributed by atoms with van der Waals surface area (Å²) in [6, 6.07) is 4.97. The van der Waals surface area contributed by atoms with Crippen molar-refractivity contribution in [3.8, 4) is 0 Å². The van der Waals surface area contributed by atoms with E-state index in [-0.39, 0.29) is 11.9 Å². The molecular weight excluding hydrogens is 243 g/mol. The minimum Gasteiger partial charge on any atom is -0.383 e. The molecule has 1 aromatic rings. The van der Waals surface area contributed by atoms with Gasteiger partial charge in [-0.1, -0.05) is 6.08 Å². The minimum absolute atomic E-state index is 0.0839. The van der Waals surface area contributed by atoms with Crippen LogP contribution in [0.25, 0.3) is 0 Å². The van der Waals surface area contributed by atoms with Crippen molar-refractivity contribution in [2.45, 2.75) is 13.0 Å². The second kappa shape index (κ2) is 7.92. The van der Waals surface area contributed by atoms with Gasteiger partial charge in [0.15, 0.2) is 0 Å². The smallest absolute Gasteiger partial charge is 0.123 e. The zero-order chi connectivity index (χ0) is 14.3. The van der Waals surface area contributed by atoms with Crippen molar-refractivity contribution >= 4 is 5.69 Å². The molecule has 106 valence electrons. The summed E-state index contributed by atoms with van der Waals surface area (Å²) in [7, 11) is 3.54. The van der Waals surface area contributed by atoms with Gasteiger partial charge in [0.25, 0.3) is 0 Å². The number of anilines is 1. The molecule has 0 heterocycles. The van der Waals surface area contributed by atoms with Gasteiger partial charge in [0.05, 0.1) is 6.61 Å².